The van der Waals surface area contributed by atoms with Crippen molar-refractivity contribution in [3.05, 3.63) is 48.1 Å². The van der Waals surface area contributed by atoms with E-state index in [-0.39, 0.29) is 28.3 Å². The second kappa shape index (κ2) is 16.6. The third-order valence-electron chi connectivity index (χ3n) is 10.8. The van der Waals surface area contributed by atoms with Crippen LogP contribution in [0, 0.1) is 23.7 Å². The number of rotatable bonds is 16. The highest BCUT2D eigenvalue weighted by Crippen LogP contribution is 2.51. The molecule has 0 aromatic heterocycles. The van der Waals surface area contributed by atoms with E-state index in [9.17, 15) is 4.79 Å². The van der Waals surface area contributed by atoms with Gasteiger partial charge in [-0.25, -0.2) is 0 Å². The minimum atomic E-state index is -1.94. The van der Waals surface area contributed by atoms with Gasteiger partial charge in [-0.15, -0.1) is 0 Å². The first-order chi connectivity index (χ1) is 20.3. The van der Waals surface area contributed by atoms with Crippen LogP contribution in [0.4, 0.5) is 0 Å². The van der Waals surface area contributed by atoms with E-state index in [0.29, 0.717) is 36.7 Å². The van der Waals surface area contributed by atoms with Crippen LogP contribution in [-0.2, 0) is 18.4 Å². The number of carbonyl (C=O) groups is 1. The van der Waals surface area contributed by atoms with E-state index in [1.807, 2.05) is 6.92 Å². The van der Waals surface area contributed by atoms with E-state index in [2.05, 4.69) is 124 Å². The van der Waals surface area contributed by atoms with Crippen molar-refractivity contribution in [2.75, 3.05) is 6.61 Å². The van der Waals surface area contributed by atoms with Crippen LogP contribution >= 0.6 is 0 Å². The van der Waals surface area contributed by atoms with Gasteiger partial charge in [0, 0.05) is 12.3 Å². The zero-order valence-corrected chi connectivity index (χ0v) is 32.8. The molecule has 1 saturated carbocycles. The lowest BCUT2D eigenvalue weighted by Gasteiger charge is -2.40. The number of carbonyl (C=O) groups excluding carboxylic acids is 1. The van der Waals surface area contributed by atoms with Gasteiger partial charge in [0.25, 0.3) is 0 Å². The van der Waals surface area contributed by atoms with Crippen molar-refractivity contribution < 1.29 is 18.4 Å². The zero-order chi connectivity index (χ0) is 33.3. The lowest BCUT2D eigenvalue weighted by atomic mass is 9.88. The molecule has 4 nitrogen and oxygen atoms in total. The van der Waals surface area contributed by atoms with Gasteiger partial charge in [-0.3, -0.25) is 4.79 Å². The summed E-state index contributed by atoms with van der Waals surface area (Å²) in [6.45, 7) is 30.4. The van der Waals surface area contributed by atoms with E-state index in [4.69, 9.17) is 13.6 Å². The Bertz CT molecular complexity index is 1020. The molecule has 0 aromatic carbocycles. The van der Waals surface area contributed by atoms with Crippen LogP contribution < -0.4 is 0 Å². The topological polar surface area (TPSA) is 44.8 Å². The Morgan fingerprint density at radius 2 is 1.68 bits per heavy atom. The third kappa shape index (κ3) is 11.5. The maximum absolute atomic E-state index is 11.8. The molecule has 0 radical (unpaired) electrons. The highest BCUT2D eigenvalue weighted by atomic mass is 28.4. The molecule has 0 aliphatic heterocycles. The molecule has 0 bridgehead atoms. The Balaban J connectivity index is 2.31. The molecular formula is C38H68O4Si2. The van der Waals surface area contributed by atoms with E-state index < -0.39 is 16.6 Å². The van der Waals surface area contributed by atoms with Crippen LogP contribution in [0.2, 0.25) is 36.3 Å². The molecule has 0 spiro atoms. The summed E-state index contributed by atoms with van der Waals surface area (Å²) in [5.74, 6) is 1.94. The number of allylic oxidation sites excluding steroid dienone is 6. The summed E-state index contributed by atoms with van der Waals surface area (Å²) in [5.41, 5.74) is 1.40. The van der Waals surface area contributed by atoms with Gasteiger partial charge in [0.05, 0.1) is 18.8 Å². The standard InChI is InChI=1S/C38H68O4Si2/c1-14-16-17-20-29(3)25-32(41-43(10,11)37(4,5)6)23-24-33-34-27-30(21-18-19-22-36(39)40-15-2)26-31(34)28-35(33)42-44(12,13)38(7,8)9/h14,16,18,21,23-24,26,29,31-35H,15,17,19-20,22,25,27-28H2,1-13H3/b16-14+,21-18?,24-23-/t29-,31+,32-,33+,34+,35-/m1/s1. The minimum Gasteiger partial charge on any atom is -0.466 e. The van der Waals surface area contributed by atoms with Crippen molar-refractivity contribution >= 4 is 22.6 Å². The van der Waals surface area contributed by atoms with Gasteiger partial charge in [-0.05, 0) is 106 Å². The van der Waals surface area contributed by atoms with Crippen molar-refractivity contribution in [1.82, 2.24) is 0 Å². The summed E-state index contributed by atoms with van der Waals surface area (Å²) in [6, 6.07) is 0. The Morgan fingerprint density at radius 3 is 2.27 bits per heavy atom. The monoisotopic (exact) mass is 644 g/mol. The molecule has 0 saturated heterocycles. The fraction of sp³-hybridized carbons (Fsp3) is 0.763. The summed E-state index contributed by atoms with van der Waals surface area (Å²) < 4.78 is 19.4. The number of fused-ring (bicyclic) bond motifs is 1. The van der Waals surface area contributed by atoms with Crippen molar-refractivity contribution in [2.24, 2.45) is 23.7 Å². The quantitative estimate of drug-likeness (QED) is 0.0952. The maximum atomic E-state index is 11.8. The Hall–Kier alpha value is -1.22. The van der Waals surface area contributed by atoms with Gasteiger partial charge in [0.1, 0.15) is 0 Å². The Kier molecular flexibility index (Phi) is 14.7. The van der Waals surface area contributed by atoms with Crippen LogP contribution in [0.25, 0.3) is 0 Å². The fourth-order valence-electron chi connectivity index (χ4n) is 6.03. The summed E-state index contributed by atoms with van der Waals surface area (Å²) in [4.78, 5) is 11.8. The summed E-state index contributed by atoms with van der Waals surface area (Å²) in [7, 11) is -3.87. The summed E-state index contributed by atoms with van der Waals surface area (Å²) >= 11 is 0. The van der Waals surface area contributed by atoms with E-state index in [0.717, 1.165) is 32.1 Å². The van der Waals surface area contributed by atoms with Gasteiger partial charge in [0.15, 0.2) is 16.6 Å². The predicted octanol–water partition coefficient (Wildman–Crippen LogP) is 11.2. The maximum Gasteiger partial charge on any atom is 0.306 e. The molecule has 6 heteroatoms. The lowest BCUT2D eigenvalue weighted by Crippen LogP contribution is -2.45. The largest absolute Gasteiger partial charge is 0.466 e. The van der Waals surface area contributed by atoms with Crippen LogP contribution in [-0.4, -0.2) is 41.4 Å². The molecule has 252 valence electrons. The van der Waals surface area contributed by atoms with Crippen molar-refractivity contribution in [3.63, 3.8) is 0 Å². The number of hydrogen-bond acceptors (Lipinski definition) is 4. The van der Waals surface area contributed by atoms with Crippen molar-refractivity contribution in [1.29, 1.82) is 0 Å². The van der Waals surface area contributed by atoms with E-state index >= 15 is 0 Å². The second-order valence-corrected chi connectivity index (χ2v) is 26.1. The van der Waals surface area contributed by atoms with Gasteiger partial charge < -0.3 is 13.6 Å². The van der Waals surface area contributed by atoms with Gasteiger partial charge in [-0.2, -0.15) is 0 Å². The van der Waals surface area contributed by atoms with Crippen LogP contribution in [0.15, 0.2) is 48.1 Å². The molecular weight excluding hydrogens is 577 g/mol. The molecule has 0 unspecified atom stereocenters. The number of esters is 1. The van der Waals surface area contributed by atoms with Gasteiger partial charge in [0.2, 0.25) is 0 Å². The molecule has 2 aliphatic carbocycles. The number of ether oxygens (including phenoxy) is 1. The molecule has 0 aromatic rings. The minimum absolute atomic E-state index is 0.115. The van der Waals surface area contributed by atoms with E-state index in [1.165, 1.54) is 12.0 Å². The summed E-state index contributed by atoms with van der Waals surface area (Å²) in [6.07, 6.45) is 23.4. The second-order valence-electron chi connectivity index (χ2n) is 16.5. The molecule has 0 N–H and O–H groups in total. The first-order valence-corrected chi connectivity index (χ1v) is 23.3. The van der Waals surface area contributed by atoms with Crippen molar-refractivity contribution in [3.8, 4) is 0 Å². The molecule has 1 fully saturated rings. The average Bonchev–Trinajstić information content (AvgIpc) is 3.40. The van der Waals surface area contributed by atoms with E-state index in [1.54, 1.807) is 0 Å². The predicted molar refractivity (Wildman–Crippen MR) is 194 cm³/mol. The van der Waals surface area contributed by atoms with Crippen LogP contribution in [0.3, 0.4) is 0 Å². The number of hydrogen-bond donors (Lipinski definition) is 0. The molecule has 6 atom stereocenters. The average molecular weight is 645 g/mol. The fourth-order valence-corrected chi connectivity index (χ4v) is 8.68. The molecule has 0 heterocycles. The van der Waals surface area contributed by atoms with Crippen LogP contribution in [0.1, 0.15) is 107 Å². The highest BCUT2D eigenvalue weighted by molar-refractivity contribution is 6.74. The zero-order valence-electron chi connectivity index (χ0n) is 30.8. The molecule has 0 amide bonds. The third-order valence-corrected chi connectivity index (χ3v) is 19.8. The highest BCUT2D eigenvalue weighted by Gasteiger charge is 2.48. The molecule has 44 heavy (non-hydrogen) atoms. The summed E-state index contributed by atoms with van der Waals surface area (Å²) in [5, 5.41) is 0.349. The first-order valence-electron chi connectivity index (χ1n) is 17.5. The first kappa shape index (κ1) is 39.0. The normalized spacial score (nSPS) is 24.8. The van der Waals surface area contributed by atoms with Gasteiger partial charge in [-0.1, -0.05) is 96.6 Å². The SMILES string of the molecule is C/C=C/CC[C@@H](C)C[C@@H](/C=C\[C@H]1[C@H]2CC(C=CCCC(=O)OCC)=C[C@H]2C[C@H]1O[Si](C)(C)C(C)(C)C)O[Si](C)(C)C(C)(C)C. The lowest BCUT2D eigenvalue weighted by molar-refractivity contribution is -0.143. The van der Waals surface area contributed by atoms with Crippen molar-refractivity contribution in [2.45, 2.75) is 156 Å². The Morgan fingerprint density at radius 1 is 1.02 bits per heavy atom. The molecule has 2 rings (SSSR count). The molecule has 2 aliphatic rings. The Labute approximate surface area is 274 Å². The van der Waals surface area contributed by atoms with Crippen LogP contribution in [0.5, 0.6) is 0 Å². The van der Waals surface area contributed by atoms with Gasteiger partial charge >= 0.3 is 5.97 Å². The smallest absolute Gasteiger partial charge is 0.306 e.